The molecule has 0 radical (unpaired) electrons. The van der Waals surface area contributed by atoms with Gasteiger partial charge in [-0.25, -0.2) is 0 Å². The van der Waals surface area contributed by atoms with Crippen LogP contribution < -0.4 is 5.73 Å². The molecule has 0 saturated carbocycles. The van der Waals surface area contributed by atoms with Crippen molar-refractivity contribution >= 4 is 5.78 Å². The van der Waals surface area contributed by atoms with Gasteiger partial charge in [-0.1, -0.05) is 51.1 Å². The Kier molecular flexibility index (Phi) is 6.23. The van der Waals surface area contributed by atoms with E-state index in [1.165, 1.54) is 0 Å². The van der Waals surface area contributed by atoms with Crippen molar-refractivity contribution in [1.29, 1.82) is 0 Å². The molecular formula is C17H27NO. The Morgan fingerprint density at radius 2 is 1.79 bits per heavy atom. The standard InChI is InChI=1S/C17H27NO/c1-17(2,3)15(11-12-18)9-10-16(19)13-14-7-5-4-6-8-14/h4-8,15H,9-13,18H2,1-3H3. The quantitative estimate of drug-likeness (QED) is 0.815. The molecule has 0 saturated heterocycles. The second kappa shape index (κ2) is 7.44. The van der Waals surface area contributed by atoms with Gasteiger partial charge in [0.25, 0.3) is 0 Å². The van der Waals surface area contributed by atoms with Crippen LogP contribution in [0, 0.1) is 11.3 Å². The summed E-state index contributed by atoms with van der Waals surface area (Å²) in [5, 5.41) is 0. The molecule has 0 aliphatic heterocycles. The summed E-state index contributed by atoms with van der Waals surface area (Å²) in [6, 6.07) is 9.97. The highest BCUT2D eigenvalue weighted by Gasteiger charge is 2.24. The monoisotopic (exact) mass is 261 g/mol. The highest BCUT2D eigenvalue weighted by molar-refractivity contribution is 5.80. The minimum Gasteiger partial charge on any atom is -0.330 e. The van der Waals surface area contributed by atoms with Crippen molar-refractivity contribution in [1.82, 2.24) is 0 Å². The smallest absolute Gasteiger partial charge is 0.137 e. The summed E-state index contributed by atoms with van der Waals surface area (Å²) < 4.78 is 0. The van der Waals surface area contributed by atoms with Gasteiger partial charge < -0.3 is 5.73 Å². The van der Waals surface area contributed by atoms with Gasteiger partial charge in [0.05, 0.1) is 0 Å². The molecule has 0 bridgehead atoms. The van der Waals surface area contributed by atoms with Crippen LogP contribution in [0.3, 0.4) is 0 Å². The molecule has 1 rings (SSSR count). The number of hydrogen-bond donors (Lipinski definition) is 1. The summed E-state index contributed by atoms with van der Waals surface area (Å²) in [6.07, 6.45) is 3.17. The summed E-state index contributed by atoms with van der Waals surface area (Å²) in [5.74, 6) is 0.856. The summed E-state index contributed by atoms with van der Waals surface area (Å²) in [6.45, 7) is 7.40. The fraction of sp³-hybridized carbons (Fsp3) is 0.588. The van der Waals surface area contributed by atoms with E-state index in [1.54, 1.807) is 0 Å². The summed E-state index contributed by atoms with van der Waals surface area (Å²) in [4.78, 5) is 12.0. The Morgan fingerprint density at radius 3 is 2.32 bits per heavy atom. The van der Waals surface area contributed by atoms with E-state index in [1.807, 2.05) is 30.3 Å². The zero-order valence-electron chi connectivity index (χ0n) is 12.5. The van der Waals surface area contributed by atoms with Gasteiger partial charge in [0.2, 0.25) is 0 Å². The number of rotatable bonds is 7. The van der Waals surface area contributed by atoms with Gasteiger partial charge in [-0.3, -0.25) is 4.79 Å². The van der Waals surface area contributed by atoms with Gasteiger partial charge >= 0.3 is 0 Å². The minimum absolute atomic E-state index is 0.229. The van der Waals surface area contributed by atoms with Gasteiger partial charge in [0.15, 0.2) is 0 Å². The zero-order chi connectivity index (χ0) is 14.3. The van der Waals surface area contributed by atoms with Crippen molar-refractivity contribution in [2.75, 3.05) is 6.54 Å². The first-order chi connectivity index (χ1) is 8.93. The Labute approximate surface area is 117 Å². The highest BCUT2D eigenvalue weighted by Crippen LogP contribution is 2.32. The van der Waals surface area contributed by atoms with E-state index < -0.39 is 0 Å². The van der Waals surface area contributed by atoms with E-state index >= 15 is 0 Å². The van der Waals surface area contributed by atoms with Crippen LogP contribution in [0.2, 0.25) is 0 Å². The fourth-order valence-corrected chi connectivity index (χ4v) is 2.46. The van der Waals surface area contributed by atoms with Gasteiger partial charge in [-0.2, -0.15) is 0 Å². The van der Waals surface area contributed by atoms with Crippen molar-refractivity contribution in [2.24, 2.45) is 17.1 Å². The van der Waals surface area contributed by atoms with E-state index in [2.05, 4.69) is 20.8 Å². The Bertz CT molecular complexity index is 378. The number of nitrogens with two attached hydrogens (primary N) is 1. The molecule has 0 amide bonds. The van der Waals surface area contributed by atoms with Crippen LogP contribution in [0.5, 0.6) is 0 Å². The third-order valence-corrected chi connectivity index (χ3v) is 3.76. The minimum atomic E-state index is 0.229. The van der Waals surface area contributed by atoms with Crippen LogP contribution in [-0.4, -0.2) is 12.3 Å². The lowest BCUT2D eigenvalue weighted by molar-refractivity contribution is -0.118. The predicted molar refractivity (Wildman–Crippen MR) is 81.0 cm³/mol. The van der Waals surface area contributed by atoms with E-state index in [9.17, 15) is 4.79 Å². The van der Waals surface area contributed by atoms with E-state index in [-0.39, 0.29) is 5.41 Å². The molecule has 1 unspecified atom stereocenters. The summed E-state index contributed by atoms with van der Waals surface area (Å²) >= 11 is 0. The first-order valence-electron chi connectivity index (χ1n) is 7.19. The molecule has 2 N–H and O–H groups in total. The van der Waals surface area contributed by atoms with Crippen LogP contribution in [0.15, 0.2) is 30.3 Å². The van der Waals surface area contributed by atoms with Crippen LogP contribution in [-0.2, 0) is 11.2 Å². The van der Waals surface area contributed by atoms with E-state index in [0.29, 0.717) is 31.1 Å². The van der Waals surface area contributed by atoms with Crippen LogP contribution in [0.4, 0.5) is 0 Å². The lowest BCUT2D eigenvalue weighted by Crippen LogP contribution is -2.24. The Balaban J connectivity index is 2.44. The lowest BCUT2D eigenvalue weighted by atomic mass is 9.76. The molecule has 1 atom stereocenters. The molecule has 1 aromatic carbocycles. The van der Waals surface area contributed by atoms with Crippen molar-refractivity contribution in [3.63, 3.8) is 0 Å². The second-order valence-corrected chi connectivity index (χ2v) is 6.38. The van der Waals surface area contributed by atoms with Crippen molar-refractivity contribution in [3.8, 4) is 0 Å². The maximum absolute atomic E-state index is 12.0. The van der Waals surface area contributed by atoms with Crippen LogP contribution in [0.25, 0.3) is 0 Å². The molecule has 0 aliphatic carbocycles. The van der Waals surface area contributed by atoms with Crippen LogP contribution in [0.1, 0.15) is 45.6 Å². The number of carbonyl (C=O) groups excluding carboxylic acids is 1. The topological polar surface area (TPSA) is 43.1 Å². The molecule has 0 spiro atoms. The Hall–Kier alpha value is -1.15. The predicted octanol–water partition coefficient (Wildman–Crippen LogP) is 3.59. The molecule has 1 aromatic rings. The molecule has 106 valence electrons. The number of Topliss-reactive ketones (excluding diaryl/α,β-unsaturated/α-hetero) is 1. The lowest BCUT2D eigenvalue weighted by Gasteiger charge is -2.30. The number of ketones is 1. The van der Waals surface area contributed by atoms with E-state index in [0.717, 1.165) is 18.4 Å². The SMILES string of the molecule is CC(C)(C)C(CCN)CCC(=O)Cc1ccccc1. The second-order valence-electron chi connectivity index (χ2n) is 6.38. The average Bonchev–Trinajstić information content (AvgIpc) is 2.34. The first kappa shape index (κ1) is 15.9. The Morgan fingerprint density at radius 1 is 1.16 bits per heavy atom. The zero-order valence-corrected chi connectivity index (χ0v) is 12.5. The van der Waals surface area contributed by atoms with Crippen LogP contribution >= 0.6 is 0 Å². The number of carbonyl (C=O) groups is 1. The maximum Gasteiger partial charge on any atom is 0.137 e. The fourth-order valence-electron chi connectivity index (χ4n) is 2.46. The van der Waals surface area contributed by atoms with Gasteiger partial charge in [-0.15, -0.1) is 0 Å². The third-order valence-electron chi connectivity index (χ3n) is 3.76. The summed E-state index contributed by atoms with van der Waals surface area (Å²) in [5.41, 5.74) is 7.01. The van der Waals surface area contributed by atoms with Crippen molar-refractivity contribution in [2.45, 2.75) is 46.5 Å². The molecule has 0 heterocycles. The van der Waals surface area contributed by atoms with Crippen molar-refractivity contribution in [3.05, 3.63) is 35.9 Å². The summed E-state index contributed by atoms with van der Waals surface area (Å²) in [7, 11) is 0. The van der Waals surface area contributed by atoms with Gasteiger partial charge in [-0.05, 0) is 36.3 Å². The van der Waals surface area contributed by atoms with Gasteiger partial charge in [0.1, 0.15) is 5.78 Å². The van der Waals surface area contributed by atoms with Gasteiger partial charge in [0, 0.05) is 12.8 Å². The number of benzene rings is 1. The molecule has 0 fully saturated rings. The van der Waals surface area contributed by atoms with E-state index in [4.69, 9.17) is 5.73 Å². The highest BCUT2D eigenvalue weighted by atomic mass is 16.1. The number of hydrogen-bond acceptors (Lipinski definition) is 2. The largest absolute Gasteiger partial charge is 0.330 e. The normalized spacial score (nSPS) is 13.3. The third kappa shape index (κ3) is 6.02. The maximum atomic E-state index is 12.0. The molecular weight excluding hydrogens is 234 g/mol. The molecule has 2 nitrogen and oxygen atoms in total. The van der Waals surface area contributed by atoms with Crippen molar-refractivity contribution < 1.29 is 4.79 Å². The molecule has 0 aliphatic rings. The molecule has 0 aromatic heterocycles. The first-order valence-corrected chi connectivity index (χ1v) is 7.19. The average molecular weight is 261 g/mol. The molecule has 2 heteroatoms. The molecule has 19 heavy (non-hydrogen) atoms.